The predicted molar refractivity (Wildman–Crippen MR) is 399 cm³/mol. The molecule has 0 nitrogen and oxygen atoms in total. The minimum atomic E-state index is 0.177. The molecule has 0 radical (unpaired) electrons. The molecule has 0 saturated heterocycles. The van der Waals surface area contributed by atoms with Gasteiger partial charge in [-0.2, -0.15) is 0 Å². The van der Waals surface area contributed by atoms with Crippen molar-refractivity contribution in [3.8, 4) is 45.7 Å². The Morgan fingerprint density at radius 1 is 0.357 bits per heavy atom. The molecule has 1 aliphatic carbocycles. The van der Waals surface area contributed by atoms with E-state index in [-0.39, 0.29) is 5.82 Å². The van der Waals surface area contributed by atoms with Gasteiger partial charge in [0.25, 0.3) is 0 Å². The van der Waals surface area contributed by atoms with Crippen LogP contribution in [0, 0.1) is 12.3 Å². The van der Waals surface area contributed by atoms with Crippen molar-refractivity contribution >= 4 is 357 Å². The number of rotatable bonds is 5. The van der Waals surface area contributed by atoms with E-state index in [4.69, 9.17) is 6.42 Å². The molecule has 7 aromatic carbocycles. The molecule has 26 heteroatoms. The van der Waals surface area contributed by atoms with Gasteiger partial charge in [-0.1, -0.05) is 77.8 Å². The third-order valence-corrected chi connectivity index (χ3v) is 20.2. The van der Waals surface area contributed by atoms with Gasteiger partial charge in [0.05, 0.1) is 0 Å². The van der Waals surface area contributed by atoms with Gasteiger partial charge in [-0.3, -0.25) is 0 Å². The van der Waals surface area contributed by atoms with Crippen LogP contribution in [-0.4, -0.2) is 204 Å². The average Bonchev–Trinajstić information content (AvgIpc) is 3.56. The Morgan fingerprint density at radius 3 is 1.09 bits per heavy atom. The van der Waals surface area contributed by atoms with Gasteiger partial charge in [0.1, 0.15) is 204 Å². The van der Waals surface area contributed by atoms with E-state index in [1.54, 1.807) is 0 Å². The zero-order valence-electron chi connectivity index (χ0n) is 48.4. The fourth-order valence-corrected chi connectivity index (χ4v) is 13.6. The number of terminal acetylenes is 1. The van der Waals surface area contributed by atoms with Crippen molar-refractivity contribution < 1.29 is 0 Å². The summed E-state index contributed by atoms with van der Waals surface area (Å²) in [6, 6.07) is 0. The maximum atomic E-state index is 7.39. The summed E-state index contributed by atoms with van der Waals surface area (Å²) in [4.78, 5) is 0. The van der Waals surface area contributed by atoms with Gasteiger partial charge in [0.2, 0.25) is 0 Å². The van der Waals surface area contributed by atoms with Crippen molar-refractivity contribution in [1.29, 1.82) is 0 Å². The maximum Gasteiger partial charge on any atom is 0.139 e. The van der Waals surface area contributed by atoms with Gasteiger partial charge in [-0.15, -0.1) is 72.0 Å². The van der Waals surface area contributed by atoms with E-state index in [2.05, 4.69) is 210 Å². The van der Waals surface area contributed by atoms with Crippen LogP contribution in [0.4, 0.5) is 0 Å². The quantitative estimate of drug-likeness (QED) is 0.119. The standard InChI is InChI=1S/C44H56B26/c1-2-4-6(8-12-16(25(51)34(60)23(12)49)10(17-13(8)26(52)37(63)39(65)28(17)54)19-30(56)42(68)44(70)43(69)31(19)57)11-14(27(53)38(64)36(62)22(11)48)9(7(4)21(47)5(46)3-45)15-18-20(32(58)35(61)24(15)50)33(59)41(67)40(66)29(18)55/h1,23H,3,45-70H2/b21-5-. The van der Waals surface area contributed by atoms with Crippen LogP contribution in [0.3, 0.4) is 0 Å². The summed E-state index contributed by atoms with van der Waals surface area (Å²) >= 11 is 0. The first-order valence-electron chi connectivity index (χ1n) is 26.3. The van der Waals surface area contributed by atoms with Crippen LogP contribution in [0.2, 0.25) is 6.32 Å². The Kier molecular flexibility index (Phi) is 13.6. The monoisotopic (exact) mass is 871 g/mol. The Morgan fingerprint density at radius 2 is 0.671 bits per heavy atom. The lowest BCUT2D eigenvalue weighted by molar-refractivity contribution is 1.23. The van der Waals surface area contributed by atoms with E-state index in [0.29, 0.717) is 0 Å². The molecule has 0 saturated carbocycles. The van der Waals surface area contributed by atoms with E-state index in [0.717, 1.165) is 11.9 Å². The second-order valence-electron chi connectivity index (χ2n) is 22.5. The zero-order valence-corrected chi connectivity index (χ0v) is 48.4. The van der Waals surface area contributed by atoms with E-state index >= 15 is 0 Å². The highest BCUT2D eigenvalue weighted by Crippen LogP contribution is 2.53. The number of benzene rings is 7. The summed E-state index contributed by atoms with van der Waals surface area (Å²) < 4.78 is 0. The normalized spacial score (nSPS) is 13.8. The second-order valence-corrected chi connectivity index (χ2v) is 22.5. The van der Waals surface area contributed by atoms with Crippen LogP contribution in [0.15, 0.2) is 10.9 Å². The maximum absolute atomic E-state index is 7.39. The van der Waals surface area contributed by atoms with Crippen molar-refractivity contribution in [3.63, 3.8) is 0 Å². The zero-order chi connectivity index (χ0) is 52.1. The Labute approximate surface area is 444 Å². The minimum absolute atomic E-state index is 0.177. The lowest BCUT2D eigenvalue weighted by atomic mass is 9.56. The van der Waals surface area contributed by atoms with Gasteiger partial charge >= 0.3 is 0 Å². The van der Waals surface area contributed by atoms with Crippen LogP contribution >= 0.6 is 0 Å². The van der Waals surface area contributed by atoms with E-state index in [1.165, 1.54) is 214 Å². The number of fused-ring (bicyclic) bond motifs is 4. The third-order valence-electron chi connectivity index (χ3n) is 20.2. The Bertz CT molecular complexity index is 3730. The molecule has 0 amide bonds. The molecule has 0 aromatic heterocycles. The van der Waals surface area contributed by atoms with Crippen LogP contribution < -0.4 is 109 Å². The van der Waals surface area contributed by atoms with Crippen molar-refractivity contribution in [2.75, 3.05) is 0 Å². The van der Waals surface area contributed by atoms with Crippen molar-refractivity contribution in [3.05, 3.63) is 33.2 Å². The van der Waals surface area contributed by atoms with E-state index in [1.807, 2.05) is 0 Å². The fraction of sp³-hybridized carbons (Fsp3) is 0.0455. The molecular weight excluding hydrogens is 810 g/mol. The molecule has 1 unspecified atom stereocenters. The molecule has 0 fully saturated rings. The van der Waals surface area contributed by atoms with Gasteiger partial charge < -0.3 is 0 Å². The summed E-state index contributed by atoms with van der Waals surface area (Å²) in [5.41, 5.74) is 46.1. The molecule has 7 aromatic rings. The third kappa shape index (κ3) is 6.90. The summed E-state index contributed by atoms with van der Waals surface area (Å²) in [6.45, 7) is 0. The number of hydrogen-bond donors (Lipinski definition) is 0. The first-order chi connectivity index (χ1) is 32.7. The molecule has 1 aliphatic rings. The molecule has 310 valence electrons. The molecule has 1 atom stereocenters. The van der Waals surface area contributed by atoms with E-state index in [9.17, 15) is 0 Å². The first kappa shape index (κ1) is 52.4. The Balaban J connectivity index is 1.85. The predicted octanol–water partition coefficient (Wildman–Crippen LogP) is -29.1. The van der Waals surface area contributed by atoms with Gasteiger partial charge in [-0.05, 0) is 82.6 Å². The van der Waals surface area contributed by atoms with Gasteiger partial charge in [0.15, 0.2) is 0 Å². The number of allylic oxidation sites excluding steroid dienone is 2. The average molecular weight is 866 g/mol. The largest absolute Gasteiger partial charge is 0.139 e. The smallest absolute Gasteiger partial charge is 0.123 e. The summed E-state index contributed by atoms with van der Waals surface area (Å²) in [5.74, 6) is 3.81. The number of hydrogen-bond acceptors (Lipinski definition) is 0. The van der Waals surface area contributed by atoms with Crippen LogP contribution in [0.1, 0.15) is 28.1 Å². The van der Waals surface area contributed by atoms with Crippen molar-refractivity contribution in [2.45, 2.75) is 12.1 Å². The molecule has 8 rings (SSSR count). The van der Waals surface area contributed by atoms with Crippen LogP contribution in [0.5, 0.6) is 0 Å². The SMILES string of the molecule is BC/C(B)=C(/B)c1c(C#C)c(-c2c3c(c(-c4c(B)c(B)c(B)c(B)c4B)c4c(B)c(B)c(B)c(B)c24)C(B)=C(B)C3B)c2c(B)c(B)c(B)c(B)c2c1-c1c(B)c(B)c(B)c2c(B)c(B)c(B)c(B)c12. The summed E-state index contributed by atoms with van der Waals surface area (Å²) in [7, 11) is 61.6. The van der Waals surface area contributed by atoms with Crippen LogP contribution in [0.25, 0.3) is 76.6 Å². The van der Waals surface area contributed by atoms with Gasteiger partial charge in [0, 0.05) is 11.1 Å². The lowest BCUT2D eigenvalue weighted by Crippen LogP contribution is -2.55. The van der Waals surface area contributed by atoms with Crippen LogP contribution in [-0.2, 0) is 0 Å². The van der Waals surface area contributed by atoms with Crippen molar-refractivity contribution in [1.82, 2.24) is 0 Å². The molecule has 0 bridgehead atoms. The van der Waals surface area contributed by atoms with Gasteiger partial charge in [-0.25, -0.2) is 0 Å². The molecule has 0 N–H and O–H groups in total. The highest BCUT2D eigenvalue weighted by molar-refractivity contribution is 6.75. The first-order valence-corrected chi connectivity index (χ1v) is 26.3. The molecule has 0 spiro atoms. The fourth-order valence-electron chi connectivity index (χ4n) is 13.6. The molecule has 0 heterocycles. The highest BCUT2D eigenvalue weighted by Gasteiger charge is 2.37. The highest BCUT2D eigenvalue weighted by atomic mass is 14.4. The topological polar surface area (TPSA) is 0 Å². The molecule has 0 aliphatic heterocycles. The second kappa shape index (κ2) is 18.2. The van der Waals surface area contributed by atoms with E-state index < -0.39 is 0 Å². The van der Waals surface area contributed by atoms with Crippen molar-refractivity contribution in [2.24, 2.45) is 0 Å². The molecule has 70 heavy (non-hydrogen) atoms. The minimum Gasteiger partial charge on any atom is -0.123 e. The Hall–Kier alpha value is -3.95. The summed E-state index contributed by atoms with van der Waals surface area (Å²) in [6.07, 6.45) is 8.33. The lowest BCUT2D eigenvalue weighted by Gasteiger charge is -2.33. The molecular formula is C44H56B26. The summed E-state index contributed by atoms with van der Waals surface area (Å²) in [5, 5.41) is 8.19.